The van der Waals surface area contributed by atoms with Crippen molar-refractivity contribution in [1.82, 2.24) is 5.43 Å². The summed E-state index contributed by atoms with van der Waals surface area (Å²) in [6, 6.07) is 17.8. The molecular weight excluding hydrogens is 502 g/mol. The zero-order valence-electron chi connectivity index (χ0n) is 19.8. The lowest BCUT2D eigenvalue weighted by molar-refractivity contribution is -0.119. The van der Waals surface area contributed by atoms with Gasteiger partial charge in [-0.25, -0.2) is 13.8 Å². The van der Waals surface area contributed by atoms with E-state index in [1.165, 1.54) is 31.5 Å². The average molecular weight is 528 g/mol. The van der Waals surface area contributed by atoms with E-state index in [-0.39, 0.29) is 10.6 Å². The Morgan fingerprint density at radius 1 is 1.11 bits per heavy atom. The predicted octanol–water partition coefficient (Wildman–Crippen LogP) is 4.57. The lowest BCUT2D eigenvalue weighted by atomic mass is 10.2. The number of nitrogens with zero attached hydrogens (tertiary/aromatic N) is 2. The highest BCUT2D eigenvalue weighted by atomic mass is 35.5. The van der Waals surface area contributed by atoms with Crippen molar-refractivity contribution in [1.29, 1.82) is 0 Å². The lowest BCUT2D eigenvalue weighted by Crippen LogP contribution is -2.39. The monoisotopic (exact) mass is 527 g/mol. The summed E-state index contributed by atoms with van der Waals surface area (Å²) in [7, 11) is -2.54. The molecule has 0 saturated carbocycles. The third-order valence-electron chi connectivity index (χ3n) is 5.01. The number of carbonyl (C=O) groups is 1. The first kappa shape index (κ1) is 26.8. The van der Waals surface area contributed by atoms with Crippen LogP contribution in [-0.4, -0.2) is 40.8 Å². The van der Waals surface area contributed by atoms with Gasteiger partial charge in [0.05, 0.1) is 23.9 Å². The first-order valence-electron chi connectivity index (χ1n) is 10.8. The first-order valence-corrected chi connectivity index (χ1v) is 12.7. The Kier molecular flexibility index (Phi) is 9.10. The SMILES string of the molecule is C=CCOc1ccc(/C=N\NC(=O)CN(c2ccc(C)c(Cl)c2)S(=O)(=O)c2ccccc2)cc1OC. The molecule has 0 aliphatic heterocycles. The van der Waals surface area contributed by atoms with Crippen molar-refractivity contribution in [3.8, 4) is 11.5 Å². The molecule has 0 radical (unpaired) electrons. The third-order valence-corrected chi connectivity index (χ3v) is 7.20. The van der Waals surface area contributed by atoms with E-state index >= 15 is 0 Å². The van der Waals surface area contributed by atoms with Crippen molar-refractivity contribution in [3.63, 3.8) is 0 Å². The summed E-state index contributed by atoms with van der Waals surface area (Å²) in [5.74, 6) is 0.390. The number of halogens is 1. The highest BCUT2D eigenvalue weighted by Gasteiger charge is 2.27. The molecule has 36 heavy (non-hydrogen) atoms. The van der Waals surface area contributed by atoms with Gasteiger partial charge < -0.3 is 9.47 Å². The molecule has 188 valence electrons. The predicted molar refractivity (Wildman–Crippen MR) is 142 cm³/mol. The minimum atomic E-state index is -4.05. The number of hydrogen-bond donors (Lipinski definition) is 1. The van der Waals surface area contributed by atoms with E-state index in [9.17, 15) is 13.2 Å². The molecule has 0 aromatic heterocycles. The Balaban J connectivity index is 1.80. The Morgan fingerprint density at radius 3 is 2.53 bits per heavy atom. The molecule has 0 bridgehead atoms. The second-order valence-electron chi connectivity index (χ2n) is 7.56. The normalized spacial score (nSPS) is 11.2. The molecule has 0 saturated heterocycles. The lowest BCUT2D eigenvalue weighted by Gasteiger charge is -2.24. The van der Waals surface area contributed by atoms with Gasteiger partial charge in [-0.3, -0.25) is 9.10 Å². The van der Waals surface area contributed by atoms with Gasteiger partial charge in [0, 0.05) is 5.02 Å². The molecule has 3 rings (SSSR count). The number of methoxy groups -OCH3 is 1. The van der Waals surface area contributed by atoms with Crippen molar-refractivity contribution in [2.24, 2.45) is 5.10 Å². The van der Waals surface area contributed by atoms with Crippen LogP contribution in [0.15, 0.2) is 89.4 Å². The van der Waals surface area contributed by atoms with Crippen LogP contribution in [-0.2, 0) is 14.8 Å². The summed E-state index contributed by atoms with van der Waals surface area (Å²) in [5, 5.41) is 4.34. The van der Waals surface area contributed by atoms with Crippen LogP contribution in [0, 0.1) is 6.92 Å². The highest BCUT2D eigenvalue weighted by Crippen LogP contribution is 2.29. The molecule has 0 heterocycles. The maximum Gasteiger partial charge on any atom is 0.264 e. The molecule has 0 fully saturated rings. The average Bonchev–Trinajstić information content (AvgIpc) is 2.88. The molecule has 0 unspecified atom stereocenters. The van der Waals surface area contributed by atoms with E-state index < -0.39 is 22.5 Å². The van der Waals surface area contributed by atoms with E-state index in [1.807, 2.05) is 0 Å². The summed E-state index contributed by atoms with van der Waals surface area (Å²) < 4.78 is 38.6. The Morgan fingerprint density at radius 2 is 1.86 bits per heavy atom. The van der Waals surface area contributed by atoms with Crippen LogP contribution < -0.4 is 19.2 Å². The highest BCUT2D eigenvalue weighted by molar-refractivity contribution is 7.92. The van der Waals surface area contributed by atoms with E-state index in [2.05, 4.69) is 17.1 Å². The number of sulfonamides is 1. The molecular formula is C26H26ClN3O5S. The summed E-state index contributed by atoms with van der Waals surface area (Å²) in [5.41, 5.74) is 4.05. The zero-order valence-corrected chi connectivity index (χ0v) is 21.4. The molecule has 0 aliphatic rings. The number of rotatable bonds is 11. The molecule has 8 nitrogen and oxygen atoms in total. The van der Waals surface area contributed by atoms with Gasteiger partial charge in [0.2, 0.25) is 0 Å². The maximum absolute atomic E-state index is 13.4. The van der Waals surface area contributed by atoms with Crippen LogP contribution >= 0.6 is 11.6 Å². The van der Waals surface area contributed by atoms with Gasteiger partial charge in [0.15, 0.2) is 11.5 Å². The summed E-state index contributed by atoms with van der Waals surface area (Å²) >= 11 is 6.24. The number of carbonyl (C=O) groups excluding carboxylic acids is 1. The van der Waals surface area contributed by atoms with Crippen molar-refractivity contribution in [2.75, 3.05) is 24.6 Å². The van der Waals surface area contributed by atoms with E-state index in [0.717, 1.165) is 9.87 Å². The number of ether oxygens (including phenoxy) is 2. The molecule has 0 aliphatic carbocycles. The van der Waals surface area contributed by atoms with Crippen LogP contribution in [0.5, 0.6) is 11.5 Å². The van der Waals surface area contributed by atoms with Gasteiger partial charge in [0.25, 0.3) is 15.9 Å². The zero-order chi connectivity index (χ0) is 26.1. The molecule has 1 N–H and O–H groups in total. The molecule has 3 aromatic rings. The second kappa shape index (κ2) is 12.2. The van der Waals surface area contributed by atoms with E-state index in [4.69, 9.17) is 21.1 Å². The van der Waals surface area contributed by atoms with Gasteiger partial charge in [0.1, 0.15) is 13.2 Å². The smallest absolute Gasteiger partial charge is 0.264 e. The van der Waals surface area contributed by atoms with Crippen molar-refractivity contribution < 1.29 is 22.7 Å². The standard InChI is InChI=1S/C26H26ClN3O5S/c1-4-14-35-24-13-11-20(15-25(24)34-3)17-28-29-26(31)18-30(21-12-10-19(2)23(27)16-21)36(32,33)22-8-6-5-7-9-22/h4-13,15-17H,1,14,18H2,2-3H3,(H,29,31)/b28-17-. The third kappa shape index (κ3) is 6.65. The minimum Gasteiger partial charge on any atom is -0.493 e. The fraction of sp³-hybridized carbons (Fsp3) is 0.154. The van der Waals surface area contributed by atoms with E-state index in [0.29, 0.717) is 28.7 Å². The van der Waals surface area contributed by atoms with Crippen LogP contribution in [0.2, 0.25) is 5.02 Å². The van der Waals surface area contributed by atoms with E-state index in [1.54, 1.807) is 61.5 Å². The summed E-state index contributed by atoms with van der Waals surface area (Å²) in [6.45, 7) is 5.23. The topological polar surface area (TPSA) is 97.3 Å². The van der Waals surface area contributed by atoms with Crippen LogP contribution in [0.4, 0.5) is 5.69 Å². The van der Waals surface area contributed by atoms with Gasteiger partial charge in [-0.1, -0.05) is 48.5 Å². The largest absolute Gasteiger partial charge is 0.493 e. The quantitative estimate of drug-likeness (QED) is 0.224. The van der Waals surface area contributed by atoms with Gasteiger partial charge in [-0.15, -0.1) is 0 Å². The fourth-order valence-electron chi connectivity index (χ4n) is 3.15. The maximum atomic E-state index is 13.4. The summed E-state index contributed by atoms with van der Waals surface area (Å²) in [6.07, 6.45) is 3.03. The number of hydrogen-bond acceptors (Lipinski definition) is 6. The summed E-state index contributed by atoms with van der Waals surface area (Å²) in [4.78, 5) is 12.8. The van der Waals surface area contributed by atoms with Crippen molar-refractivity contribution in [3.05, 3.63) is 95.5 Å². The van der Waals surface area contributed by atoms with Crippen LogP contribution in [0.25, 0.3) is 0 Å². The Hall–Kier alpha value is -3.82. The molecule has 0 atom stereocenters. The van der Waals surface area contributed by atoms with Crippen molar-refractivity contribution in [2.45, 2.75) is 11.8 Å². The number of nitrogens with one attached hydrogen (secondary N) is 1. The molecule has 0 spiro atoms. The Bertz CT molecular complexity index is 1360. The fourth-order valence-corrected chi connectivity index (χ4v) is 4.76. The van der Waals surface area contributed by atoms with Crippen molar-refractivity contribution >= 4 is 39.4 Å². The van der Waals surface area contributed by atoms with Gasteiger partial charge in [-0.05, 0) is 60.5 Å². The molecule has 10 heteroatoms. The first-order chi connectivity index (χ1) is 17.3. The molecule has 3 aromatic carbocycles. The second-order valence-corrected chi connectivity index (χ2v) is 9.83. The van der Waals surface area contributed by atoms with Crippen LogP contribution in [0.1, 0.15) is 11.1 Å². The van der Waals surface area contributed by atoms with Gasteiger partial charge >= 0.3 is 0 Å². The number of anilines is 1. The Labute approximate surface area is 215 Å². The number of benzene rings is 3. The number of amides is 1. The number of hydrazone groups is 1. The van der Waals surface area contributed by atoms with Crippen LogP contribution in [0.3, 0.4) is 0 Å². The van der Waals surface area contributed by atoms with Gasteiger partial charge in [-0.2, -0.15) is 5.10 Å². The number of aryl methyl sites for hydroxylation is 1. The molecule has 1 amide bonds. The minimum absolute atomic E-state index is 0.0452.